The average molecular weight is 332 g/mol. The van der Waals surface area contributed by atoms with Crippen molar-refractivity contribution in [1.82, 2.24) is 14.2 Å². The summed E-state index contributed by atoms with van der Waals surface area (Å²) in [4.78, 5) is 18.7. The van der Waals surface area contributed by atoms with Crippen LogP contribution in [0.15, 0.2) is 12.2 Å². The number of carbonyl (C=O) groups is 1. The van der Waals surface area contributed by atoms with E-state index in [1.165, 1.54) is 11.5 Å². The van der Waals surface area contributed by atoms with Gasteiger partial charge in [0, 0.05) is 25.1 Å². The van der Waals surface area contributed by atoms with Gasteiger partial charge in [-0.25, -0.2) is 4.79 Å². The monoisotopic (exact) mass is 332 g/mol. The molecule has 1 saturated heterocycles. The Morgan fingerprint density at radius 2 is 2.22 bits per heavy atom. The molecule has 2 rings (SSSR count). The van der Waals surface area contributed by atoms with Gasteiger partial charge in [-0.15, -0.1) is 12.3 Å². The smallest absolute Gasteiger partial charge is 0.308 e. The van der Waals surface area contributed by atoms with Crippen molar-refractivity contribution in [1.29, 1.82) is 0 Å². The number of carbonyl (C=O) groups excluding carboxylic acids is 1. The van der Waals surface area contributed by atoms with Gasteiger partial charge >= 0.3 is 6.03 Å². The van der Waals surface area contributed by atoms with E-state index < -0.39 is 0 Å². The van der Waals surface area contributed by atoms with Crippen LogP contribution in [0.25, 0.3) is 0 Å². The van der Waals surface area contributed by atoms with Crippen LogP contribution >= 0.6 is 11.5 Å². The second-order valence-electron chi connectivity index (χ2n) is 5.55. The Hall–Kier alpha value is -1.84. The van der Waals surface area contributed by atoms with Crippen molar-refractivity contribution in [2.24, 2.45) is 0 Å². The van der Waals surface area contributed by atoms with Crippen molar-refractivity contribution in [3.8, 4) is 12.3 Å². The maximum Gasteiger partial charge on any atom is 0.327 e. The SMILES string of the molecule is C#CCCN1CN(C/C=C/C)C(=O)N(c2snc(CC)c2C)C1. The fourth-order valence-electron chi connectivity index (χ4n) is 2.60. The van der Waals surface area contributed by atoms with Gasteiger partial charge < -0.3 is 4.90 Å². The van der Waals surface area contributed by atoms with Crippen LogP contribution in [0.1, 0.15) is 31.5 Å². The predicted molar refractivity (Wildman–Crippen MR) is 95.5 cm³/mol. The van der Waals surface area contributed by atoms with Gasteiger partial charge in [-0.2, -0.15) is 4.37 Å². The van der Waals surface area contributed by atoms with Crippen molar-refractivity contribution < 1.29 is 4.79 Å². The maximum atomic E-state index is 12.8. The van der Waals surface area contributed by atoms with Crippen molar-refractivity contribution in [3.05, 3.63) is 23.4 Å². The highest BCUT2D eigenvalue weighted by atomic mass is 32.1. The minimum atomic E-state index is 0.0365. The zero-order valence-corrected chi connectivity index (χ0v) is 14.9. The van der Waals surface area contributed by atoms with Gasteiger partial charge in [0.2, 0.25) is 0 Å². The van der Waals surface area contributed by atoms with Crippen LogP contribution < -0.4 is 4.90 Å². The van der Waals surface area contributed by atoms with E-state index in [0.717, 1.165) is 29.2 Å². The molecule has 0 bridgehead atoms. The van der Waals surface area contributed by atoms with Crippen molar-refractivity contribution in [3.63, 3.8) is 0 Å². The van der Waals surface area contributed by atoms with E-state index in [0.29, 0.717) is 26.3 Å². The topological polar surface area (TPSA) is 39.7 Å². The lowest BCUT2D eigenvalue weighted by Gasteiger charge is -2.41. The van der Waals surface area contributed by atoms with Crippen LogP contribution in [0.5, 0.6) is 0 Å². The number of allylic oxidation sites excluding steroid dienone is 1. The molecule has 2 amide bonds. The number of hydrogen-bond donors (Lipinski definition) is 0. The molecule has 0 atom stereocenters. The molecule has 0 N–H and O–H groups in total. The van der Waals surface area contributed by atoms with Crippen molar-refractivity contribution in [2.75, 3.05) is 31.3 Å². The van der Waals surface area contributed by atoms with Crippen LogP contribution in [0.3, 0.4) is 0 Å². The van der Waals surface area contributed by atoms with E-state index in [9.17, 15) is 4.79 Å². The molecule has 1 fully saturated rings. The normalized spacial score (nSPS) is 16.3. The summed E-state index contributed by atoms with van der Waals surface area (Å²) in [5.74, 6) is 2.68. The molecule has 0 saturated carbocycles. The van der Waals surface area contributed by atoms with E-state index >= 15 is 0 Å². The summed E-state index contributed by atoms with van der Waals surface area (Å²) in [7, 11) is 0. The highest BCUT2D eigenvalue weighted by Gasteiger charge is 2.32. The molecule has 0 radical (unpaired) electrons. The van der Waals surface area contributed by atoms with Gasteiger partial charge in [-0.1, -0.05) is 19.1 Å². The number of anilines is 1. The highest BCUT2D eigenvalue weighted by Crippen LogP contribution is 2.31. The molecule has 2 heterocycles. The number of urea groups is 1. The Kier molecular flexibility index (Phi) is 6.20. The predicted octanol–water partition coefficient (Wildman–Crippen LogP) is 3.07. The molecular formula is C17H24N4OS. The van der Waals surface area contributed by atoms with Crippen LogP contribution in [0.4, 0.5) is 9.80 Å². The minimum Gasteiger partial charge on any atom is -0.308 e. The first-order chi connectivity index (χ1) is 11.1. The number of hydrogen-bond acceptors (Lipinski definition) is 4. The van der Waals surface area contributed by atoms with Crippen LogP contribution in [-0.2, 0) is 6.42 Å². The molecule has 0 aromatic carbocycles. The molecule has 5 nitrogen and oxygen atoms in total. The lowest BCUT2D eigenvalue weighted by Crippen LogP contribution is -2.58. The quantitative estimate of drug-likeness (QED) is 0.594. The Balaban J connectivity index is 2.25. The zero-order valence-electron chi connectivity index (χ0n) is 14.1. The number of terminal acetylenes is 1. The largest absolute Gasteiger partial charge is 0.327 e. The van der Waals surface area contributed by atoms with Gasteiger partial charge in [0.05, 0.1) is 19.0 Å². The van der Waals surface area contributed by atoms with Gasteiger partial charge in [0.25, 0.3) is 0 Å². The fourth-order valence-corrected chi connectivity index (χ4v) is 3.55. The van der Waals surface area contributed by atoms with Gasteiger partial charge in [-0.05, 0) is 31.8 Å². The Bertz CT molecular complexity index is 617. The van der Waals surface area contributed by atoms with E-state index in [1.807, 2.05) is 35.8 Å². The van der Waals surface area contributed by atoms with Gasteiger partial charge in [-0.3, -0.25) is 9.80 Å². The number of aromatic nitrogens is 1. The molecule has 1 aromatic heterocycles. The van der Waals surface area contributed by atoms with Crippen molar-refractivity contribution >= 4 is 22.6 Å². The lowest BCUT2D eigenvalue weighted by atomic mass is 10.2. The summed E-state index contributed by atoms with van der Waals surface area (Å²) >= 11 is 1.41. The van der Waals surface area contributed by atoms with Crippen LogP contribution in [0, 0.1) is 19.3 Å². The summed E-state index contributed by atoms with van der Waals surface area (Å²) in [5, 5.41) is 0.947. The summed E-state index contributed by atoms with van der Waals surface area (Å²) in [6.07, 6.45) is 10.9. The Morgan fingerprint density at radius 3 is 2.83 bits per heavy atom. The number of nitrogens with zero attached hydrogens (tertiary/aromatic N) is 4. The molecule has 0 unspecified atom stereocenters. The molecule has 0 aliphatic carbocycles. The fraction of sp³-hybridized carbons (Fsp3) is 0.529. The first-order valence-corrected chi connectivity index (χ1v) is 8.68. The van der Waals surface area contributed by atoms with Gasteiger partial charge in [0.15, 0.2) is 0 Å². The van der Waals surface area contributed by atoms with E-state index in [-0.39, 0.29) is 6.03 Å². The van der Waals surface area contributed by atoms with E-state index in [1.54, 1.807) is 0 Å². The Labute approximate surface area is 142 Å². The molecule has 0 spiro atoms. The summed E-state index contributed by atoms with van der Waals surface area (Å²) in [6.45, 7) is 8.66. The van der Waals surface area contributed by atoms with Crippen LogP contribution in [-0.4, -0.2) is 46.6 Å². The molecular weight excluding hydrogens is 308 g/mol. The molecule has 6 heteroatoms. The number of amides is 2. The zero-order chi connectivity index (χ0) is 16.8. The van der Waals surface area contributed by atoms with E-state index in [4.69, 9.17) is 6.42 Å². The Morgan fingerprint density at radius 1 is 1.43 bits per heavy atom. The van der Waals surface area contributed by atoms with Crippen LogP contribution in [0.2, 0.25) is 0 Å². The standard InChI is InChI=1S/C17H24N4OS/c1-5-8-10-19-12-20(11-9-6-2)17(22)21(13-19)16-14(4)15(7-3)18-23-16/h1,6,9H,7-8,10-13H2,2-4H3/b9-6+. The van der Waals surface area contributed by atoms with E-state index in [2.05, 4.69) is 22.1 Å². The maximum absolute atomic E-state index is 12.8. The highest BCUT2D eigenvalue weighted by molar-refractivity contribution is 7.10. The summed E-state index contributed by atoms with van der Waals surface area (Å²) in [5.41, 5.74) is 2.18. The third-order valence-corrected chi connectivity index (χ3v) is 4.93. The molecule has 124 valence electrons. The average Bonchev–Trinajstić information content (AvgIpc) is 2.93. The first kappa shape index (κ1) is 17.5. The number of aryl methyl sites for hydroxylation is 1. The second-order valence-corrected chi connectivity index (χ2v) is 6.30. The first-order valence-electron chi connectivity index (χ1n) is 7.90. The second kappa shape index (κ2) is 8.14. The summed E-state index contributed by atoms with van der Waals surface area (Å²) in [6, 6.07) is 0.0365. The third-order valence-electron chi connectivity index (χ3n) is 3.92. The molecule has 1 aliphatic heterocycles. The van der Waals surface area contributed by atoms with Crippen molar-refractivity contribution in [2.45, 2.75) is 33.6 Å². The lowest BCUT2D eigenvalue weighted by molar-refractivity contribution is 0.124. The molecule has 1 aliphatic rings. The minimum absolute atomic E-state index is 0.0365. The summed E-state index contributed by atoms with van der Waals surface area (Å²) < 4.78 is 4.48. The molecule has 23 heavy (non-hydrogen) atoms. The number of rotatable bonds is 6. The van der Waals surface area contributed by atoms with Gasteiger partial charge in [0.1, 0.15) is 5.00 Å². The third kappa shape index (κ3) is 3.92. The molecule has 1 aromatic rings.